The fourth-order valence-corrected chi connectivity index (χ4v) is 3.57. The van der Waals surface area contributed by atoms with E-state index in [4.69, 9.17) is 5.11 Å². The van der Waals surface area contributed by atoms with Crippen LogP contribution in [0.25, 0.3) is 0 Å². The average molecular weight is 279 g/mol. The third-order valence-electron chi connectivity index (χ3n) is 2.89. The monoisotopic (exact) mass is 279 g/mol. The van der Waals surface area contributed by atoms with Gasteiger partial charge in [-0.25, -0.2) is 8.42 Å². The number of carboxylic acids is 1. The van der Waals surface area contributed by atoms with Gasteiger partial charge in [-0.2, -0.15) is 4.31 Å². The van der Waals surface area contributed by atoms with Crippen LogP contribution in [0.3, 0.4) is 0 Å². The number of aliphatic carboxylic acids is 1. The summed E-state index contributed by atoms with van der Waals surface area (Å²) in [6.45, 7) is 0.195. The number of piperidine rings is 1. The summed E-state index contributed by atoms with van der Waals surface area (Å²) in [6.07, 6.45) is 1.38. The van der Waals surface area contributed by atoms with Crippen molar-refractivity contribution < 1.29 is 27.9 Å². The van der Waals surface area contributed by atoms with Gasteiger partial charge in [0.25, 0.3) is 0 Å². The van der Waals surface area contributed by atoms with E-state index in [1.54, 1.807) is 0 Å². The molecule has 1 rings (SSSR count). The number of ether oxygens (including phenoxy) is 1. The first-order chi connectivity index (χ1) is 8.38. The summed E-state index contributed by atoms with van der Waals surface area (Å²) in [5.41, 5.74) is 0. The van der Waals surface area contributed by atoms with E-state index in [1.165, 1.54) is 7.11 Å². The molecule has 1 N–H and O–H groups in total. The van der Waals surface area contributed by atoms with E-state index in [0.29, 0.717) is 19.3 Å². The standard InChI is InChI=1S/C10H17NO6S/c1-17-9(12)5-7-18(15,16)11-6-3-2-4-8(11)10(13)14/h8H,2-7H2,1H3,(H,13,14). The lowest BCUT2D eigenvalue weighted by Crippen LogP contribution is -2.48. The number of carbonyl (C=O) groups excluding carboxylic acids is 1. The summed E-state index contributed by atoms with van der Waals surface area (Å²) >= 11 is 0. The summed E-state index contributed by atoms with van der Waals surface area (Å²) in [7, 11) is -2.55. The number of rotatable bonds is 5. The maximum absolute atomic E-state index is 12.0. The van der Waals surface area contributed by atoms with E-state index in [2.05, 4.69) is 4.74 Å². The number of esters is 1. The largest absolute Gasteiger partial charge is 0.480 e. The molecular weight excluding hydrogens is 262 g/mol. The van der Waals surface area contributed by atoms with Crippen molar-refractivity contribution >= 4 is 22.0 Å². The van der Waals surface area contributed by atoms with Crippen LogP contribution in [0.2, 0.25) is 0 Å². The molecule has 0 aromatic heterocycles. The molecule has 0 saturated carbocycles. The first-order valence-corrected chi connectivity index (χ1v) is 7.28. The third kappa shape index (κ3) is 3.67. The van der Waals surface area contributed by atoms with Crippen molar-refractivity contribution in [3.63, 3.8) is 0 Å². The van der Waals surface area contributed by atoms with Crippen LogP contribution in [0.15, 0.2) is 0 Å². The summed E-state index contributed by atoms with van der Waals surface area (Å²) in [4.78, 5) is 21.9. The maximum atomic E-state index is 12.0. The van der Waals surface area contributed by atoms with Crippen LogP contribution in [0.5, 0.6) is 0 Å². The Hall–Kier alpha value is -1.15. The molecule has 0 amide bonds. The molecule has 1 aliphatic heterocycles. The predicted molar refractivity (Wildman–Crippen MR) is 62.4 cm³/mol. The van der Waals surface area contributed by atoms with E-state index in [0.717, 1.165) is 4.31 Å². The van der Waals surface area contributed by atoms with Gasteiger partial charge in [0.15, 0.2) is 0 Å². The third-order valence-corrected chi connectivity index (χ3v) is 4.76. The van der Waals surface area contributed by atoms with Gasteiger partial charge in [0.2, 0.25) is 10.0 Å². The van der Waals surface area contributed by atoms with Gasteiger partial charge in [-0.1, -0.05) is 0 Å². The Bertz CT molecular complexity index is 418. The lowest BCUT2D eigenvalue weighted by atomic mass is 10.1. The van der Waals surface area contributed by atoms with E-state index in [9.17, 15) is 18.0 Å². The van der Waals surface area contributed by atoms with Crippen molar-refractivity contribution in [2.24, 2.45) is 0 Å². The van der Waals surface area contributed by atoms with E-state index in [1.807, 2.05) is 0 Å². The molecule has 1 heterocycles. The van der Waals surface area contributed by atoms with Crippen molar-refractivity contribution in [2.75, 3.05) is 19.4 Å². The second-order valence-corrected chi connectivity index (χ2v) is 6.14. The summed E-state index contributed by atoms with van der Waals surface area (Å²) in [6, 6.07) is -1.01. The number of carbonyl (C=O) groups is 2. The summed E-state index contributed by atoms with van der Waals surface area (Å²) < 4.78 is 29.3. The second kappa shape index (κ2) is 6.14. The molecule has 7 nitrogen and oxygen atoms in total. The minimum absolute atomic E-state index is 0.195. The highest BCUT2D eigenvalue weighted by atomic mass is 32.2. The summed E-state index contributed by atoms with van der Waals surface area (Å²) in [5.74, 6) is -2.18. The number of nitrogens with zero attached hydrogens (tertiary/aromatic N) is 1. The molecule has 1 saturated heterocycles. The van der Waals surface area contributed by atoms with Crippen molar-refractivity contribution in [3.8, 4) is 0 Å². The van der Waals surface area contributed by atoms with E-state index < -0.39 is 33.8 Å². The van der Waals surface area contributed by atoms with Crippen LogP contribution in [0, 0.1) is 0 Å². The Kier molecular flexibility index (Phi) is 5.09. The Balaban J connectivity index is 2.75. The molecular formula is C10H17NO6S. The molecule has 1 atom stereocenters. The van der Waals surface area contributed by atoms with Crippen LogP contribution in [-0.2, 0) is 24.3 Å². The van der Waals surface area contributed by atoms with Gasteiger partial charge < -0.3 is 9.84 Å². The van der Waals surface area contributed by atoms with Gasteiger partial charge >= 0.3 is 11.9 Å². The number of hydrogen-bond donors (Lipinski definition) is 1. The Morgan fingerprint density at radius 3 is 2.61 bits per heavy atom. The summed E-state index contributed by atoms with van der Waals surface area (Å²) in [5, 5.41) is 9.00. The van der Waals surface area contributed by atoms with Crippen molar-refractivity contribution in [1.82, 2.24) is 4.31 Å². The van der Waals surface area contributed by atoms with E-state index >= 15 is 0 Å². The maximum Gasteiger partial charge on any atom is 0.322 e. The number of methoxy groups -OCH3 is 1. The van der Waals surface area contributed by atoms with Gasteiger partial charge in [0, 0.05) is 6.54 Å². The Labute approximate surface area is 106 Å². The second-order valence-electron chi connectivity index (χ2n) is 4.10. The number of sulfonamides is 1. The highest BCUT2D eigenvalue weighted by molar-refractivity contribution is 7.89. The SMILES string of the molecule is COC(=O)CCS(=O)(=O)N1CCCCC1C(=O)O. The lowest BCUT2D eigenvalue weighted by Gasteiger charge is -2.31. The molecule has 18 heavy (non-hydrogen) atoms. The smallest absolute Gasteiger partial charge is 0.322 e. The molecule has 1 unspecified atom stereocenters. The lowest BCUT2D eigenvalue weighted by molar-refractivity contribution is -0.142. The van der Waals surface area contributed by atoms with Crippen molar-refractivity contribution in [3.05, 3.63) is 0 Å². The topological polar surface area (TPSA) is 101 Å². The quantitative estimate of drug-likeness (QED) is 0.700. The fourth-order valence-electron chi connectivity index (χ4n) is 1.92. The minimum Gasteiger partial charge on any atom is -0.480 e. The van der Waals surface area contributed by atoms with Gasteiger partial charge in [0.1, 0.15) is 6.04 Å². The van der Waals surface area contributed by atoms with Gasteiger partial charge in [-0.05, 0) is 19.3 Å². The molecule has 0 aliphatic carbocycles. The number of hydrogen-bond acceptors (Lipinski definition) is 5. The van der Waals surface area contributed by atoms with Gasteiger partial charge in [0.05, 0.1) is 19.3 Å². The first kappa shape index (κ1) is 14.9. The zero-order valence-corrected chi connectivity index (χ0v) is 11.0. The van der Waals surface area contributed by atoms with Crippen LogP contribution < -0.4 is 0 Å². The van der Waals surface area contributed by atoms with Gasteiger partial charge in [-0.3, -0.25) is 9.59 Å². The fraction of sp³-hybridized carbons (Fsp3) is 0.800. The normalized spacial score (nSPS) is 21.5. The molecule has 104 valence electrons. The van der Waals surface area contributed by atoms with E-state index in [-0.39, 0.29) is 13.0 Å². The minimum atomic E-state index is -3.73. The Morgan fingerprint density at radius 2 is 2.06 bits per heavy atom. The zero-order chi connectivity index (χ0) is 13.8. The average Bonchev–Trinajstić information content (AvgIpc) is 2.36. The van der Waals surface area contributed by atoms with Crippen molar-refractivity contribution in [1.29, 1.82) is 0 Å². The molecule has 0 aromatic carbocycles. The Morgan fingerprint density at radius 1 is 1.39 bits per heavy atom. The van der Waals surface area contributed by atoms with Crippen LogP contribution >= 0.6 is 0 Å². The van der Waals surface area contributed by atoms with Crippen LogP contribution in [0.4, 0.5) is 0 Å². The molecule has 1 aliphatic rings. The highest BCUT2D eigenvalue weighted by Gasteiger charge is 2.36. The number of carboxylic acid groups (broad SMARTS) is 1. The zero-order valence-electron chi connectivity index (χ0n) is 10.2. The molecule has 0 radical (unpaired) electrons. The predicted octanol–water partition coefficient (Wildman–Crippen LogP) is -0.182. The van der Waals surface area contributed by atoms with Crippen LogP contribution in [-0.4, -0.2) is 55.2 Å². The molecule has 1 fully saturated rings. The van der Waals surface area contributed by atoms with Crippen LogP contribution in [0.1, 0.15) is 25.7 Å². The highest BCUT2D eigenvalue weighted by Crippen LogP contribution is 2.21. The molecule has 0 spiro atoms. The first-order valence-electron chi connectivity index (χ1n) is 5.67. The van der Waals surface area contributed by atoms with Crippen molar-refractivity contribution in [2.45, 2.75) is 31.7 Å². The molecule has 0 bridgehead atoms. The molecule has 0 aromatic rings. The molecule has 8 heteroatoms. The van der Waals surface area contributed by atoms with Gasteiger partial charge in [-0.15, -0.1) is 0 Å².